The minimum absolute atomic E-state index is 0.244. The molecule has 4 N–H and O–H groups in total. The second-order valence-electron chi connectivity index (χ2n) is 6.71. The summed E-state index contributed by atoms with van der Waals surface area (Å²) in [6, 6.07) is -1.84. The predicted molar refractivity (Wildman–Crippen MR) is 86.2 cm³/mol. The van der Waals surface area contributed by atoms with E-state index in [0.717, 1.165) is 0 Å². The first-order valence-electron chi connectivity index (χ1n) is 7.63. The normalized spacial score (nSPS) is 13.6. The minimum Gasteiger partial charge on any atom is -0.480 e. The maximum Gasteiger partial charge on any atom is 0.408 e. The van der Waals surface area contributed by atoms with E-state index < -0.39 is 48.1 Å². The summed E-state index contributed by atoms with van der Waals surface area (Å²) in [6.45, 7) is 9.44. The van der Waals surface area contributed by atoms with Gasteiger partial charge in [0.2, 0.25) is 11.8 Å². The van der Waals surface area contributed by atoms with Crippen molar-refractivity contribution in [3.63, 3.8) is 0 Å². The Balaban J connectivity index is 4.72. The van der Waals surface area contributed by atoms with Gasteiger partial charge >= 0.3 is 12.1 Å². The number of rotatable bonds is 7. The fourth-order valence-corrected chi connectivity index (χ4v) is 1.65. The van der Waals surface area contributed by atoms with Crippen LogP contribution in [-0.4, -0.2) is 53.2 Å². The van der Waals surface area contributed by atoms with Crippen LogP contribution in [0, 0.1) is 5.92 Å². The lowest BCUT2D eigenvalue weighted by Gasteiger charge is -2.26. The lowest BCUT2D eigenvalue weighted by Crippen LogP contribution is -2.55. The van der Waals surface area contributed by atoms with Crippen molar-refractivity contribution >= 4 is 23.9 Å². The molecule has 3 amide bonds. The summed E-state index contributed by atoms with van der Waals surface area (Å²) in [5, 5.41) is 15.6. The standard InChI is InChI=1S/C15H27N3O6/c1-8(2)11(18-14(23)24-15(4,5)6)13(22)17-9(3)12(21)16-7-10(19)20/h8-9,11H,7H2,1-6H3,(H,16,21)(H,17,22)(H,18,23)(H,19,20). The molecule has 0 aromatic carbocycles. The highest BCUT2D eigenvalue weighted by atomic mass is 16.6. The molecule has 0 spiro atoms. The number of carbonyl (C=O) groups excluding carboxylic acids is 3. The molecule has 2 unspecified atom stereocenters. The van der Waals surface area contributed by atoms with Crippen LogP contribution in [0.15, 0.2) is 0 Å². The Labute approximate surface area is 141 Å². The van der Waals surface area contributed by atoms with E-state index in [4.69, 9.17) is 9.84 Å². The third-order valence-electron chi connectivity index (χ3n) is 2.79. The quantitative estimate of drug-likeness (QED) is 0.522. The van der Waals surface area contributed by atoms with Gasteiger partial charge in [0.05, 0.1) is 0 Å². The van der Waals surface area contributed by atoms with E-state index in [1.54, 1.807) is 34.6 Å². The van der Waals surface area contributed by atoms with Crippen molar-refractivity contribution in [1.29, 1.82) is 0 Å². The van der Waals surface area contributed by atoms with E-state index in [1.165, 1.54) is 6.92 Å². The van der Waals surface area contributed by atoms with E-state index in [1.807, 2.05) is 0 Å². The Kier molecular flexibility index (Phi) is 8.21. The van der Waals surface area contributed by atoms with Crippen LogP contribution >= 0.6 is 0 Å². The maximum atomic E-state index is 12.3. The summed E-state index contributed by atoms with van der Waals surface area (Å²) in [5.41, 5.74) is -0.702. The molecule has 0 aliphatic rings. The van der Waals surface area contributed by atoms with E-state index in [9.17, 15) is 19.2 Å². The molecular weight excluding hydrogens is 318 g/mol. The third kappa shape index (κ3) is 8.96. The largest absolute Gasteiger partial charge is 0.480 e. The molecule has 0 fully saturated rings. The van der Waals surface area contributed by atoms with Crippen LogP contribution < -0.4 is 16.0 Å². The molecule has 0 saturated heterocycles. The van der Waals surface area contributed by atoms with Gasteiger partial charge in [-0.05, 0) is 33.6 Å². The van der Waals surface area contributed by atoms with Crippen LogP contribution in [0.1, 0.15) is 41.5 Å². The molecule has 0 rings (SSSR count). The van der Waals surface area contributed by atoms with Crippen LogP contribution in [0.4, 0.5) is 4.79 Å². The molecule has 0 heterocycles. The maximum absolute atomic E-state index is 12.3. The number of nitrogens with one attached hydrogen (secondary N) is 3. The topological polar surface area (TPSA) is 134 Å². The molecule has 0 aromatic heterocycles. The molecule has 9 heteroatoms. The second kappa shape index (κ2) is 9.09. The SMILES string of the molecule is CC(NC(=O)C(NC(=O)OC(C)(C)C)C(C)C)C(=O)NCC(=O)O. The summed E-state index contributed by atoms with van der Waals surface area (Å²) in [5.74, 6) is -2.63. The number of hydrogen-bond acceptors (Lipinski definition) is 5. The number of carboxylic acid groups (broad SMARTS) is 1. The summed E-state index contributed by atoms with van der Waals surface area (Å²) in [6.07, 6.45) is -0.737. The van der Waals surface area contributed by atoms with Gasteiger partial charge in [-0.25, -0.2) is 4.79 Å². The Morgan fingerprint density at radius 2 is 1.54 bits per heavy atom. The fourth-order valence-electron chi connectivity index (χ4n) is 1.65. The molecule has 0 aliphatic heterocycles. The van der Waals surface area contributed by atoms with Crippen molar-refractivity contribution < 1.29 is 29.0 Å². The zero-order valence-electron chi connectivity index (χ0n) is 14.9. The fraction of sp³-hybridized carbons (Fsp3) is 0.733. The van der Waals surface area contributed by atoms with E-state index in [-0.39, 0.29) is 5.92 Å². The molecule has 0 bridgehead atoms. The number of aliphatic carboxylic acids is 1. The van der Waals surface area contributed by atoms with Gasteiger partial charge in [-0.2, -0.15) is 0 Å². The first-order chi connectivity index (χ1) is 10.8. The van der Waals surface area contributed by atoms with Crippen LogP contribution in [-0.2, 0) is 19.1 Å². The van der Waals surface area contributed by atoms with Crippen molar-refractivity contribution in [3.8, 4) is 0 Å². The number of amides is 3. The Hall–Kier alpha value is -2.32. The second-order valence-corrected chi connectivity index (χ2v) is 6.71. The summed E-state index contributed by atoms with van der Waals surface area (Å²) in [4.78, 5) is 46.2. The van der Waals surface area contributed by atoms with Gasteiger partial charge in [0.25, 0.3) is 0 Å². The van der Waals surface area contributed by atoms with Crippen molar-refractivity contribution in [1.82, 2.24) is 16.0 Å². The molecule has 9 nitrogen and oxygen atoms in total. The van der Waals surface area contributed by atoms with Gasteiger partial charge < -0.3 is 25.8 Å². The number of carboxylic acids is 1. The molecule has 24 heavy (non-hydrogen) atoms. The zero-order chi connectivity index (χ0) is 19.1. The van der Waals surface area contributed by atoms with E-state index in [2.05, 4.69) is 16.0 Å². The molecule has 2 atom stereocenters. The van der Waals surface area contributed by atoms with E-state index >= 15 is 0 Å². The zero-order valence-corrected chi connectivity index (χ0v) is 14.9. The highest BCUT2D eigenvalue weighted by Crippen LogP contribution is 2.09. The first kappa shape index (κ1) is 21.7. The summed E-state index contributed by atoms with van der Waals surface area (Å²) in [7, 11) is 0. The molecule has 0 aromatic rings. The average Bonchev–Trinajstić information content (AvgIpc) is 2.39. The van der Waals surface area contributed by atoms with Crippen LogP contribution in [0.25, 0.3) is 0 Å². The average molecular weight is 345 g/mol. The molecular formula is C15H27N3O6. The van der Waals surface area contributed by atoms with Crippen molar-refractivity contribution in [2.45, 2.75) is 59.2 Å². The predicted octanol–water partition coefficient (Wildman–Crippen LogP) is 0.241. The van der Waals surface area contributed by atoms with Gasteiger partial charge in [0, 0.05) is 0 Å². The number of alkyl carbamates (subject to hydrolysis) is 1. The van der Waals surface area contributed by atoms with Crippen LogP contribution in [0.5, 0.6) is 0 Å². The molecule has 138 valence electrons. The summed E-state index contributed by atoms with van der Waals surface area (Å²) >= 11 is 0. The Morgan fingerprint density at radius 3 is 1.96 bits per heavy atom. The van der Waals surface area contributed by atoms with Crippen molar-refractivity contribution in [3.05, 3.63) is 0 Å². The molecule has 0 radical (unpaired) electrons. The number of ether oxygens (including phenoxy) is 1. The lowest BCUT2D eigenvalue weighted by molar-refractivity contribution is -0.138. The van der Waals surface area contributed by atoms with E-state index in [0.29, 0.717) is 0 Å². The smallest absolute Gasteiger partial charge is 0.408 e. The van der Waals surface area contributed by atoms with Crippen molar-refractivity contribution in [2.75, 3.05) is 6.54 Å². The van der Waals surface area contributed by atoms with Gasteiger partial charge in [-0.15, -0.1) is 0 Å². The molecule has 0 aliphatic carbocycles. The van der Waals surface area contributed by atoms with Gasteiger partial charge in [0.15, 0.2) is 0 Å². The lowest BCUT2D eigenvalue weighted by atomic mass is 10.0. The van der Waals surface area contributed by atoms with Gasteiger partial charge in [0.1, 0.15) is 24.2 Å². The highest BCUT2D eigenvalue weighted by molar-refractivity contribution is 5.92. The Bertz CT molecular complexity index is 484. The first-order valence-corrected chi connectivity index (χ1v) is 7.63. The number of carbonyl (C=O) groups is 4. The minimum atomic E-state index is -1.19. The monoisotopic (exact) mass is 345 g/mol. The van der Waals surface area contributed by atoms with Crippen molar-refractivity contribution in [2.24, 2.45) is 5.92 Å². The molecule has 0 saturated carbocycles. The van der Waals surface area contributed by atoms with Gasteiger partial charge in [-0.1, -0.05) is 13.8 Å². The Morgan fingerprint density at radius 1 is 1.00 bits per heavy atom. The number of hydrogen-bond donors (Lipinski definition) is 4. The highest BCUT2D eigenvalue weighted by Gasteiger charge is 2.28. The van der Waals surface area contributed by atoms with Crippen LogP contribution in [0.2, 0.25) is 0 Å². The van der Waals surface area contributed by atoms with Crippen LogP contribution in [0.3, 0.4) is 0 Å². The third-order valence-corrected chi connectivity index (χ3v) is 2.79. The summed E-state index contributed by atoms with van der Waals surface area (Å²) < 4.78 is 5.11. The van der Waals surface area contributed by atoms with Gasteiger partial charge in [-0.3, -0.25) is 14.4 Å².